The fourth-order valence-electron chi connectivity index (χ4n) is 2.04. The van der Waals surface area contributed by atoms with Gasteiger partial charge in [0.15, 0.2) is 5.84 Å². The second-order valence-corrected chi connectivity index (χ2v) is 4.89. The van der Waals surface area contributed by atoms with Gasteiger partial charge in [0, 0.05) is 5.56 Å². The molecule has 1 atom stereocenters. The number of nitrogens with zero attached hydrogens (tertiary/aromatic N) is 1. The van der Waals surface area contributed by atoms with Gasteiger partial charge in [-0.25, -0.2) is 4.99 Å². The van der Waals surface area contributed by atoms with Crippen molar-refractivity contribution in [1.82, 2.24) is 0 Å². The molecule has 2 aromatic rings. The van der Waals surface area contributed by atoms with Crippen molar-refractivity contribution in [1.29, 1.82) is 5.41 Å². The Labute approximate surface area is 120 Å². The van der Waals surface area contributed by atoms with E-state index in [0.29, 0.717) is 11.8 Å². The fourth-order valence-corrected chi connectivity index (χ4v) is 2.04. The maximum atomic E-state index is 8.19. The molecule has 102 valence electrons. The highest BCUT2D eigenvalue weighted by Gasteiger charge is 2.12. The zero-order valence-corrected chi connectivity index (χ0v) is 12.0. The van der Waals surface area contributed by atoms with Gasteiger partial charge in [0.05, 0.1) is 5.71 Å². The van der Waals surface area contributed by atoms with Crippen LogP contribution in [0.1, 0.15) is 31.4 Å². The van der Waals surface area contributed by atoms with Crippen molar-refractivity contribution >= 4 is 11.5 Å². The minimum absolute atomic E-state index is 0.324. The normalized spacial score (nSPS) is 13.0. The topological polar surface area (TPSA) is 36.2 Å². The monoisotopic (exact) mass is 264 g/mol. The minimum atomic E-state index is 0.324. The SMILES string of the molecule is CC[C@H](C)/C(=N\C(=N)c1ccccc1)c1ccccc1. The Hall–Kier alpha value is -2.22. The summed E-state index contributed by atoms with van der Waals surface area (Å²) in [5, 5.41) is 8.19. The van der Waals surface area contributed by atoms with Crippen LogP contribution in [0.4, 0.5) is 0 Å². The first-order valence-electron chi connectivity index (χ1n) is 7.00. The molecule has 2 nitrogen and oxygen atoms in total. The van der Waals surface area contributed by atoms with Crippen LogP contribution in [0.15, 0.2) is 65.7 Å². The molecule has 2 aromatic carbocycles. The molecule has 0 amide bonds. The van der Waals surface area contributed by atoms with Crippen LogP contribution in [0.3, 0.4) is 0 Å². The van der Waals surface area contributed by atoms with Crippen molar-refractivity contribution in [3.05, 3.63) is 71.8 Å². The second kappa shape index (κ2) is 6.80. The summed E-state index contributed by atoms with van der Waals surface area (Å²) in [7, 11) is 0. The molecule has 0 aliphatic heterocycles. The molecule has 0 bridgehead atoms. The summed E-state index contributed by atoms with van der Waals surface area (Å²) in [6.07, 6.45) is 1.01. The van der Waals surface area contributed by atoms with Gasteiger partial charge in [0.1, 0.15) is 0 Å². The molecule has 0 saturated heterocycles. The van der Waals surface area contributed by atoms with E-state index in [1.165, 1.54) is 0 Å². The lowest BCUT2D eigenvalue weighted by molar-refractivity contribution is 0.741. The van der Waals surface area contributed by atoms with Crippen LogP contribution in [0.2, 0.25) is 0 Å². The quantitative estimate of drug-likeness (QED) is 0.621. The van der Waals surface area contributed by atoms with E-state index in [2.05, 4.69) is 31.0 Å². The van der Waals surface area contributed by atoms with E-state index in [4.69, 9.17) is 5.41 Å². The minimum Gasteiger partial charge on any atom is -0.282 e. The first kappa shape index (κ1) is 14.2. The first-order valence-corrected chi connectivity index (χ1v) is 7.00. The van der Waals surface area contributed by atoms with Gasteiger partial charge in [0.2, 0.25) is 0 Å². The first-order chi connectivity index (χ1) is 9.72. The van der Waals surface area contributed by atoms with Gasteiger partial charge in [-0.05, 0) is 17.9 Å². The number of hydrogen-bond acceptors (Lipinski definition) is 1. The lowest BCUT2D eigenvalue weighted by Crippen LogP contribution is -2.14. The van der Waals surface area contributed by atoms with Crippen molar-refractivity contribution in [2.24, 2.45) is 10.9 Å². The lowest BCUT2D eigenvalue weighted by Gasteiger charge is -2.13. The second-order valence-electron chi connectivity index (χ2n) is 4.89. The van der Waals surface area contributed by atoms with Crippen LogP contribution in [0.25, 0.3) is 0 Å². The van der Waals surface area contributed by atoms with Crippen LogP contribution in [-0.4, -0.2) is 11.5 Å². The summed E-state index contributed by atoms with van der Waals surface area (Å²) in [6, 6.07) is 19.8. The Morgan fingerprint density at radius 1 is 0.950 bits per heavy atom. The Balaban J connectivity index is 2.37. The molecule has 2 heteroatoms. The third-order valence-corrected chi connectivity index (χ3v) is 3.43. The highest BCUT2D eigenvalue weighted by atomic mass is 14.8. The zero-order chi connectivity index (χ0) is 14.4. The number of aliphatic imine (C=N–C) groups is 1. The van der Waals surface area contributed by atoms with E-state index >= 15 is 0 Å². The van der Waals surface area contributed by atoms with Crippen molar-refractivity contribution in [2.45, 2.75) is 20.3 Å². The van der Waals surface area contributed by atoms with Gasteiger partial charge in [0.25, 0.3) is 0 Å². The molecule has 0 spiro atoms. The van der Waals surface area contributed by atoms with E-state index in [-0.39, 0.29) is 0 Å². The van der Waals surface area contributed by atoms with Gasteiger partial charge < -0.3 is 0 Å². The summed E-state index contributed by atoms with van der Waals surface area (Å²) in [4.78, 5) is 4.59. The van der Waals surface area contributed by atoms with Crippen LogP contribution >= 0.6 is 0 Å². The predicted molar refractivity (Wildman–Crippen MR) is 85.7 cm³/mol. The van der Waals surface area contributed by atoms with Gasteiger partial charge in [-0.2, -0.15) is 0 Å². The maximum Gasteiger partial charge on any atom is 0.152 e. The van der Waals surface area contributed by atoms with Crippen LogP contribution in [-0.2, 0) is 0 Å². The third-order valence-electron chi connectivity index (χ3n) is 3.43. The number of amidine groups is 1. The molecule has 0 unspecified atom stereocenters. The average molecular weight is 264 g/mol. The summed E-state index contributed by atoms with van der Waals surface area (Å²) in [5.41, 5.74) is 2.94. The number of benzene rings is 2. The van der Waals surface area contributed by atoms with Crippen LogP contribution < -0.4 is 0 Å². The molecule has 0 aliphatic rings. The standard InChI is InChI=1S/C18H20N2/c1-3-14(2)17(15-10-6-4-7-11-15)20-18(19)16-12-8-5-9-13-16/h4-14,19H,3H2,1-2H3/b19-18?,20-17+/t14-/m0/s1. The average Bonchev–Trinajstić information content (AvgIpc) is 2.53. The molecular weight excluding hydrogens is 244 g/mol. The van der Waals surface area contributed by atoms with Gasteiger partial charge >= 0.3 is 0 Å². The van der Waals surface area contributed by atoms with Crippen molar-refractivity contribution in [2.75, 3.05) is 0 Å². The molecule has 0 heterocycles. The highest BCUT2D eigenvalue weighted by Crippen LogP contribution is 2.14. The molecular formula is C18H20N2. The van der Waals surface area contributed by atoms with E-state index in [1.807, 2.05) is 48.5 Å². The number of hydrogen-bond donors (Lipinski definition) is 1. The smallest absolute Gasteiger partial charge is 0.152 e. The van der Waals surface area contributed by atoms with Crippen LogP contribution in [0.5, 0.6) is 0 Å². The number of nitrogens with one attached hydrogen (secondary N) is 1. The summed E-state index contributed by atoms with van der Waals surface area (Å²) in [6.45, 7) is 4.30. The zero-order valence-electron chi connectivity index (χ0n) is 12.0. The fraction of sp³-hybridized carbons (Fsp3) is 0.222. The lowest BCUT2D eigenvalue weighted by atomic mass is 9.96. The Morgan fingerprint density at radius 3 is 1.95 bits per heavy atom. The maximum absolute atomic E-state index is 8.19. The summed E-state index contributed by atoms with van der Waals surface area (Å²) >= 11 is 0. The Bertz CT molecular complexity index is 585. The summed E-state index contributed by atoms with van der Waals surface area (Å²) < 4.78 is 0. The number of rotatable bonds is 4. The summed E-state index contributed by atoms with van der Waals surface area (Å²) in [5.74, 6) is 0.659. The van der Waals surface area contributed by atoms with E-state index in [0.717, 1.165) is 23.3 Å². The largest absolute Gasteiger partial charge is 0.282 e. The highest BCUT2D eigenvalue weighted by molar-refractivity contribution is 6.12. The molecule has 1 N–H and O–H groups in total. The predicted octanol–water partition coefficient (Wildman–Crippen LogP) is 4.55. The molecule has 0 aromatic heterocycles. The van der Waals surface area contributed by atoms with E-state index < -0.39 is 0 Å². The van der Waals surface area contributed by atoms with Crippen molar-refractivity contribution < 1.29 is 0 Å². The molecule has 0 radical (unpaired) electrons. The van der Waals surface area contributed by atoms with Gasteiger partial charge in [-0.15, -0.1) is 0 Å². The molecule has 0 aliphatic carbocycles. The van der Waals surface area contributed by atoms with Crippen molar-refractivity contribution in [3.63, 3.8) is 0 Å². The van der Waals surface area contributed by atoms with Gasteiger partial charge in [-0.1, -0.05) is 74.5 Å². The van der Waals surface area contributed by atoms with Gasteiger partial charge in [-0.3, -0.25) is 5.41 Å². The molecule has 2 rings (SSSR count). The molecule has 0 saturated carbocycles. The van der Waals surface area contributed by atoms with E-state index in [1.54, 1.807) is 0 Å². The third kappa shape index (κ3) is 3.41. The Morgan fingerprint density at radius 2 is 1.45 bits per heavy atom. The molecule has 20 heavy (non-hydrogen) atoms. The van der Waals surface area contributed by atoms with Crippen LogP contribution in [0, 0.1) is 11.3 Å². The Kier molecular flexibility index (Phi) is 4.83. The molecule has 0 fully saturated rings. The van der Waals surface area contributed by atoms with E-state index in [9.17, 15) is 0 Å². The van der Waals surface area contributed by atoms with Crippen molar-refractivity contribution in [3.8, 4) is 0 Å².